The zero-order chi connectivity index (χ0) is 15.2. The van der Waals surface area contributed by atoms with Crippen LogP contribution < -0.4 is 11.2 Å². The highest BCUT2D eigenvalue weighted by Crippen LogP contribution is 2.35. The average Bonchev–Trinajstić information content (AvgIpc) is 2.33. The van der Waals surface area contributed by atoms with Gasteiger partial charge < -0.3 is 5.11 Å². The quantitative estimate of drug-likeness (QED) is 0.787. The minimum Gasteiger partial charge on any atom is -0.478 e. The van der Waals surface area contributed by atoms with Crippen LogP contribution in [0.25, 0.3) is 11.0 Å². The lowest BCUT2D eigenvalue weighted by Gasteiger charge is -2.13. The van der Waals surface area contributed by atoms with Crippen LogP contribution in [0.4, 0.5) is 13.2 Å². The van der Waals surface area contributed by atoms with Crippen LogP contribution in [0.15, 0.2) is 15.8 Å². The van der Waals surface area contributed by atoms with Gasteiger partial charge in [-0.25, -0.2) is 14.6 Å². The SMILES string of the molecule is Cn1c(=O)[nH]c(=O)c2c(C(F)(F)F)c(C(=O)O)cnc21. The van der Waals surface area contributed by atoms with Crippen LogP contribution in [-0.4, -0.2) is 25.6 Å². The molecule has 2 rings (SSSR count). The van der Waals surface area contributed by atoms with E-state index < -0.39 is 45.6 Å². The highest BCUT2D eigenvalue weighted by molar-refractivity contribution is 5.95. The molecule has 0 aliphatic heterocycles. The minimum atomic E-state index is -5.08. The van der Waals surface area contributed by atoms with Gasteiger partial charge in [-0.05, 0) is 0 Å². The lowest BCUT2D eigenvalue weighted by molar-refractivity contribution is -0.136. The Bertz CT molecular complexity index is 834. The van der Waals surface area contributed by atoms with E-state index in [0.29, 0.717) is 10.8 Å². The summed E-state index contributed by atoms with van der Waals surface area (Å²) in [7, 11) is 1.11. The number of fused-ring (bicyclic) bond motifs is 1. The smallest absolute Gasteiger partial charge is 0.418 e. The van der Waals surface area contributed by atoms with Crippen LogP contribution in [0.2, 0.25) is 0 Å². The summed E-state index contributed by atoms with van der Waals surface area (Å²) in [4.78, 5) is 38.9. The predicted molar refractivity (Wildman–Crippen MR) is 59.6 cm³/mol. The number of carboxylic acid groups (broad SMARTS) is 1. The summed E-state index contributed by atoms with van der Waals surface area (Å²) in [6.07, 6.45) is -4.62. The van der Waals surface area contributed by atoms with E-state index in [-0.39, 0.29) is 0 Å². The summed E-state index contributed by atoms with van der Waals surface area (Å²) in [5.41, 5.74) is -5.63. The summed E-state index contributed by atoms with van der Waals surface area (Å²) in [6.45, 7) is 0. The Morgan fingerprint density at radius 2 is 2.00 bits per heavy atom. The van der Waals surface area contributed by atoms with Crippen LogP contribution in [0.5, 0.6) is 0 Å². The van der Waals surface area contributed by atoms with Gasteiger partial charge in [0.15, 0.2) is 0 Å². The fraction of sp³-hybridized carbons (Fsp3) is 0.200. The van der Waals surface area contributed by atoms with Crippen molar-refractivity contribution >= 4 is 17.0 Å². The highest BCUT2D eigenvalue weighted by atomic mass is 19.4. The summed E-state index contributed by atoms with van der Waals surface area (Å²) in [5.74, 6) is -1.88. The molecule has 0 spiro atoms. The predicted octanol–water partition coefficient (Wildman–Crippen LogP) is 0.339. The van der Waals surface area contributed by atoms with Crippen molar-refractivity contribution in [3.05, 3.63) is 38.2 Å². The van der Waals surface area contributed by atoms with E-state index in [1.54, 1.807) is 4.98 Å². The summed E-state index contributed by atoms with van der Waals surface area (Å²) in [6, 6.07) is 0. The van der Waals surface area contributed by atoms with Crippen LogP contribution in [0, 0.1) is 0 Å². The van der Waals surface area contributed by atoms with E-state index in [1.807, 2.05) is 0 Å². The minimum absolute atomic E-state index is 0.465. The number of nitrogens with one attached hydrogen (secondary N) is 1. The van der Waals surface area contributed by atoms with E-state index >= 15 is 0 Å². The molecule has 0 aliphatic carbocycles. The Morgan fingerprint density at radius 1 is 1.40 bits per heavy atom. The molecule has 0 aromatic carbocycles. The van der Waals surface area contributed by atoms with Gasteiger partial charge in [-0.1, -0.05) is 0 Å². The molecular weight excluding hydrogens is 283 g/mol. The molecule has 2 N–H and O–H groups in total. The van der Waals surface area contributed by atoms with Crippen molar-refractivity contribution in [3.8, 4) is 0 Å². The van der Waals surface area contributed by atoms with Crippen LogP contribution >= 0.6 is 0 Å². The number of aromatic carboxylic acids is 1. The molecule has 2 aromatic heterocycles. The molecule has 0 fully saturated rings. The first-order chi connectivity index (χ1) is 9.14. The molecular formula is C10H6F3N3O4. The number of aryl methyl sites for hydroxylation is 1. The largest absolute Gasteiger partial charge is 0.478 e. The third-order valence-corrected chi connectivity index (χ3v) is 2.64. The fourth-order valence-corrected chi connectivity index (χ4v) is 1.77. The maximum absolute atomic E-state index is 13.0. The molecule has 20 heavy (non-hydrogen) atoms. The number of alkyl halides is 3. The highest BCUT2D eigenvalue weighted by Gasteiger charge is 2.39. The van der Waals surface area contributed by atoms with Crippen molar-refractivity contribution in [2.45, 2.75) is 6.18 Å². The number of carbonyl (C=O) groups is 1. The van der Waals surface area contributed by atoms with E-state index in [2.05, 4.69) is 4.98 Å². The fourth-order valence-electron chi connectivity index (χ4n) is 1.77. The molecule has 7 nitrogen and oxygen atoms in total. The molecule has 10 heteroatoms. The second-order valence-electron chi connectivity index (χ2n) is 3.87. The van der Waals surface area contributed by atoms with Gasteiger partial charge in [0.1, 0.15) is 5.65 Å². The number of rotatable bonds is 1. The topological polar surface area (TPSA) is 105 Å². The molecule has 0 aliphatic rings. The molecule has 2 heterocycles. The number of H-pyrrole nitrogens is 1. The van der Waals surface area contributed by atoms with Crippen molar-refractivity contribution in [3.63, 3.8) is 0 Å². The Kier molecular flexibility index (Phi) is 2.88. The zero-order valence-corrected chi connectivity index (χ0v) is 9.78. The molecule has 0 unspecified atom stereocenters. The summed E-state index contributed by atoms with van der Waals surface area (Å²) < 4.78 is 39.8. The molecule has 0 saturated heterocycles. The number of pyridine rings is 1. The second-order valence-corrected chi connectivity index (χ2v) is 3.87. The Balaban J connectivity index is 3.16. The van der Waals surface area contributed by atoms with E-state index in [1.165, 1.54) is 0 Å². The zero-order valence-electron chi connectivity index (χ0n) is 9.78. The number of carboxylic acids is 1. The number of hydrogen-bond donors (Lipinski definition) is 2. The number of aromatic amines is 1. The second kappa shape index (κ2) is 4.18. The normalized spacial score (nSPS) is 11.8. The number of aromatic nitrogens is 3. The standard InChI is InChI=1S/C10H6F3N3O4/c1-16-6-4(7(17)15-9(16)20)5(10(11,12)13)3(2-14-6)8(18)19/h2H,1H3,(H,18,19)(H,15,17,20). The van der Waals surface area contributed by atoms with Gasteiger partial charge in [-0.3, -0.25) is 14.3 Å². The molecule has 0 atom stereocenters. The van der Waals surface area contributed by atoms with Crippen molar-refractivity contribution in [2.24, 2.45) is 7.05 Å². The maximum atomic E-state index is 13.0. The maximum Gasteiger partial charge on any atom is 0.418 e. The van der Waals surface area contributed by atoms with Crippen molar-refractivity contribution in [2.75, 3.05) is 0 Å². The first-order valence-corrected chi connectivity index (χ1v) is 5.07. The number of nitrogens with zero attached hydrogens (tertiary/aromatic N) is 2. The van der Waals surface area contributed by atoms with Crippen molar-refractivity contribution < 1.29 is 23.1 Å². The summed E-state index contributed by atoms with van der Waals surface area (Å²) >= 11 is 0. The van der Waals surface area contributed by atoms with Crippen molar-refractivity contribution in [1.29, 1.82) is 0 Å². The number of hydrogen-bond acceptors (Lipinski definition) is 4. The van der Waals surface area contributed by atoms with E-state index in [0.717, 1.165) is 7.05 Å². The Hall–Kier alpha value is -2.65. The van der Waals surface area contributed by atoms with E-state index in [9.17, 15) is 27.6 Å². The van der Waals surface area contributed by atoms with Crippen molar-refractivity contribution in [1.82, 2.24) is 14.5 Å². The van der Waals surface area contributed by atoms with Gasteiger partial charge in [0.25, 0.3) is 5.56 Å². The Labute approximate surface area is 107 Å². The van der Waals surface area contributed by atoms with Crippen LogP contribution in [0.1, 0.15) is 15.9 Å². The van der Waals surface area contributed by atoms with Gasteiger partial charge in [-0.2, -0.15) is 13.2 Å². The lowest BCUT2D eigenvalue weighted by Crippen LogP contribution is -2.31. The molecule has 0 saturated carbocycles. The van der Waals surface area contributed by atoms with Gasteiger partial charge in [-0.15, -0.1) is 0 Å². The molecule has 2 aromatic rings. The first-order valence-electron chi connectivity index (χ1n) is 5.07. The molecule has 0 bridgehead atoms. The molecule has 0 radical (unpaired) electrons. The van der Waals surface area contributed by atoms with Gasteiger partial charge in [0.05, 0.1) is 16.5 Å². The van der Waals surface area contributed by atoms with Gasteiger partial charge in [0, 0.05) is 13.2 Å². The first kappa shape index (κ1) is 13.8. The van der Waals surface area contributed by atoms with Gasteiger partial charge in [0.2, 0.25) is 0 Å². The van der Waals surface area contributed by atoms with Crippen LogP contribution in [0.3, 0.4) is 0 Å². The summed E-state index contributed by atoms with van der Waals surface area (Å²) in [5, 5.41) is 7.80. The average molecular weight is 289 g/mol. The molecule has 0 amide bonds. The van der Waals surface area contributed by atoms with Gasteiger partial charge >= 0.3 is 17.8 Å². The van der Waals surface area contributed by atoms with Crippen LogP contribution in [-0.2, 0) is 13.2 Å². The monoisotopic (exact) mass is 289 g/mol. The lowest BCUT2D eigenvalue weighted by atomic mass is 10.1. The molecule has 106 valence electrons. The third kappa shape index (κ3) is 1.94. The third-order valence-electron chi connectivity index (χ3n) is 2.64. The Morgan fingerprint density at radius 3 is 2.50 bits per heavy atom. The van der Waals surface area contributed by atoms with E-state index in [4.69, 9.17) is 5.11 Å². The number of halogens is 3.